The normalized spacial score (nSPS) is 14.5. The largest absolute Gasteiger partial charge is 0.486 e. The van der Waals surface area contributed by atoms with Crippen LogP contribution in [0.4, 0.5) is 0 Å². The Morgan fingerprint density at radius 1 is 1.26 bits per heavy atom. The molecule has 0 saturated carbocycles. The number of halogens is 2. The minimum absolute atomic E-state index is 0.161. The number of aryl methyl sites for hydroxylation is 1. The van der Waals surface area contributed by atoms with Crippen LogP contribution in [0.25, 0.3) is 0 Å². The highest BCUT2D eigenvalue weighted by Crippen LogP contribution is 2.25. The van der Waals surface area contributed by atoms with E-state index >= 15 is 0 Å². The first kappa shape index (κ1) is 15.9. The highest BCUT2D eigenvalue weighted by Gasteiger charge is 2.33. The Balaban J connectivity index is 1.62. The van der Waals surface area contributed by atoms with Crippen LogP contribution >= 0.6 is 23.2 Å². The fourth-order valence-electron chi connectivity index (χ4n) is 2.35. The van der Waals surface area contributed by atoms with Crippen LogP contribution in [-0.2, 0) is 0 Å². The molecule has 5 nitrogen and oxygen atoms in total. The van der Waals surface area contributed by atoms with E-state index in [1.165, 1.54) is 12.1 Å². The fourth-order valence-corrected chi connectivity index (χ4v) is 2.84. The van der Waals surface area contributed by atoms with Crippen molar-refractivity contribution in [3.8, 4) is 5.75 Å². The highest BCUT2D eigenvalue weighted by atomic mass is 35.5. The van der Waals surface area contributed by atoms with Crippen molar-refractivity contribution in [2.45, 2.75) is 13.0 Å². The van der Waals surface area contributed by atoms with Crippen molar-refractivity contribution >= 4 is 29.1 Å². The molecule has 0 N–H and O–H groups in total. The van der Waals surface area contributed by atoms with Gasteiger partial charge in [0.1, 0.15) is 17.6 Å². The third-order valence-electron chi connectivity index (χ3n) is 3.47. The van der Waals surface area contributed by atoms with Gasteiger partial charge in [0.05, 0.1) is 29.7 Å². The van der Waals surface area contributed by atoms with Crippen molar-refractivity contribution in [3.63, 3.8) is 0 Å². The number of carbonyl (C=O) groups excluding carboxylic acids is 1. The van der Waals surface area contributed by atoms with Gasteiger partial charge in [-0.25, -0.2) is 4.79 Å². The summed E-state index contributed by atoms with van der Waals surface area (Å²) in [6.45, 7) is 2.53. The smallest absolute Gasteiger partial charge is 0.339 e. The number of benzene rings is 1. The first-order chi connectivity index (χ1) is 10.9. The van der Waals surface area contributed by atoms with Gasteiger partial charge >= 0.3 is 5.63 Å². The molecule has 0 radical (unpaired) electrons. The Kier molecular flexibility index (Phi) is 4.33. The van der Waals surface area contributed by atoms with Crippen LogP contribution < -0.4 is 10.4 Å². The molecule has 2 aromatic rings. The Labute approximate surface area is 142 Å². The first-order valence-corrected chi connectivity index (χ1v) is 7.71. The summed E-state index contributed by atoms with van der Waals surface area (Å²) in [6.07, 6.45) is -0.161. The van der Waals surface area contributed by atoms with Gasteiger partial charge < -0.3 is 14.1 Å². The van der Waals surface area contributed by atoms with Gasteiger partial charge in [-0.05, 0) is 25.1 Å². The van der Waals surface area contributed by atoms with E-state index in [4.69, 9.17) is 32.4 Å². The van der Waals surface area contributed by atoms with E-state index in [1.54, 1.807) is 30.0 Å². The Morgan fingerprint density at radius 3 is 2.65 bits per heavy atom. The molecule has 1 aromatic heterocycles. The van der Waals surface area contributed by atoms with Crippen molar-refractivity contribution in [2.75, 3.05) is 13.1 Å². The summed E-state index contributed by atoms with van der Waals surface area (Å²) in [4.78, 5) is 25.3. The number of hydrogen-bond acceptors (Lipinski definition) is 4. The van der Waals surface area contributed by atoms with Gasteiger partial charge in [0.2, 0.25) is 0 Å². The summed E-state index contributed by atoms with van der Waals surface area (Å²) in [5, 5.41) is 0.804. The topological polar surface area (TPSA) is 59.8 Å². The minimum Gasteiger partial charge on any atom is -0.486 e. The molecule has 3 rings (SSSR count). The quantitative estimate of drug-likeness (QED) is 0.850. The van der Waals surface area contributed by atoms with E-state index in [-0.39, 0.29) is 12.0 Å². The predicted octanol–water partition coefficient (Wildman–Crippen LogP) is 3.16. The first-order valence-electron chi connectivity index (χ1n) is 6.95. The molecule has 0 atom stereocenters. The van der Waals surface area contributed by atoms with Crippen molar-refractivity contribution < 1.29 is 13.9 Å². The third kappa shape index (κ3) is 3.51. The van der Waals surface area contributed by atoms with E-state index < -0.39 is 5.63 Å². The molecule has 0 unspecified atom stereocenters. The van der Waals surface area contributed by atoms with Crippen molar-refractivity contribution in [2.24, 2.45) is 0 Å². The molecule has 1 aromatic carbocycles. The van der Waals surface area contributed by atoms with Gasteiger partial charge in [0, 0.05) is 11.1 Å². The maximum Gasteiger partial charge on any atom is 0.339 e. The van der Waals surface area contributed by atoms with E-state index in [0.29, 0.717) is 40.2 Å². The van der Waals surface area contributed by atoms with E-state index in [9.17, 15) is 9.59 Å². The Morgan fingerprint density at radius 2 is 2.00 bits per heavy atom. The SMILES string of the molecule is Cc1cc(OC2CN(C(=O)c3ccc(Cl)cc3Cl)C2)cc(=O)o1. The lowest BCUT2D eigenvalue weighted by Crippen LogP contribution is -2.56. The van der Waals surface area contributed by atoms with E-state index in [1.807, 2.05) is 0 Å². The number of amides is 1. The van der Waals surface area contributed by atoms with E-state index in [2.05, 4.69) is 0 Å². The molecule has 1 aliphatic rings. The third-order valence-corrected chi connectivity index (χ3v) is 4.01. The van der Waals surface area contributed by atoms with Crippen molar-refractivity contribution in [1.29, 1.82) is 0 Å². The lowest BCUT2D eigenvalue weighted by molar-refractivity contribution is 0.0175. The van der Waals surface area contributed by atoms with Crippen LogP contribution in [0.1, 0.15) is 16.1 Å². The second-order valence-electron chi connectivity index (χ2n) is 5.30. The summed E-state index contributed by atoms with van der Waals surface area (Å²) in [5.74, 6) is 0.753. The standard InChI is InChI=1S/C16H13Cl2NO4/c1-9-4-11(6-15(20)22-9)23-12-7-19(8-12)16(21)13-3-2-10(17)5-14(13)18/h2-6,12H,7-8H2,1H3. The predicted molar refractivity (Wildman–Crippen MR) is 86.5 cm³/mol. The molecule has 2 heterocycles. The molecule has 0 aliphatic carbocycles. The van der Waals surface area contributed by atoms with Crippen molar-refractivity contribution in [3.05, 3.63) is 62.1 Å². The number of rotatable bonds is 3. The second kappa shape index (κ2) is 6.26. The fraction of sp³-hybridized carbons (Fsp3) is 0.250. The number of likely N-dealkylation sites (tertiary alicyclic amines) is 1. The number of hydrogen-bond donors (Lipinski definition) is 0. The lowest BCUT2D eigenvalue weighted by atomic mass is 10.1. The zero-order valence-electron chi connectivity index (χ0n) is 12.2. The van der Waals surface area contributed by atoms with Gasteiger partial charge in [-0.1, -0.05) is 23.2 Å². The van der Waals surface area contributed by atoms with Crippen LogP contribution in [0, 0.1) is 6.92 Å². The molecule has 23 heavy (non-hydrogen) atoms. The second-order valence-corrected chi connectivity index (χ2v) is 6.14. The zero-order chi connectivity index (χ0) is 16.6. The summed E-state index contributed by atoms with van der Waals surface area (Å²) >= 11 is 11.9. The lowest BCUT2D eigenvalue weighted by Gasteiger charge is -2.39. The van der Waals surface area contributed by atoms with Crippen LogP contribution in [0.15, 0.2) is 39.5 Å². The summed E-state index contributed by atoms with van der Waals surface area (Å²) in [6, 6.07) is 7.69. The molecule has 120 valence electrons. The summed E-state index contributed by atoms with van der Waals surface area (Å²) in [5.41, 5.74) is -0.0501. The zero-order valence-corrected chi connectivity index (χ0v) is 13.7. The monoisotopic (exact) mass is 353 g/mol. The van der Waals surface area contributed by atoms with Crippen LogP contribution in [-0.4, -0.2) is 30.0 Å². The maximum atomic E-state index is 12.3. The molecule has 1 amide bonds. The molecular weight excluding hydrogens is 341 g/mol. The highest BCUT2D eigenvalue weighted by molar-refractivity contribution is 6.36. The molecule has 0 spiro atoms. The number of carbonyl (C=O) groups is 1. The van der Waals surface area contributed by atoms with Gasteiger partial charge in [0.25, 0.3) is 5.91 Å². The van der Waals surface area contributed by atoms with Crippen LogP contribution in [0.5, 0.6) is 5.75 Å². The van der Waals surface area contributed by atoms with Gasteiger partial charge in [0.15, 0.2) is 0 Å². The van der Waals surface area contributed by atoms with Gasteiger partial charge in [-0.2, -0.15) is 0 Å². The minimum atomic E-state index is -0.458. The average Bonchev–Trinajstić information content (AvgIpc) is 2.40. The molecule has 7 heteroatoms. The Hall–Kier alpha value is -1.98. The van der Waals surface area contributed by atoms with Crippen LogP contribution in [0.3, 0.4) is 0 Å². The van der Waals surface area contributed by atoms with Crippen molar-refractivity contribution in [1.82, 2.24) is 4.90 Å². The molecule has 1 saturated heterocycles. The number of ether oxygens (including phenoxy) is 1. The molecular formula is C16H13Cl2NO4. The summed E-state index contributed by atoms with van der Waals surface area (Å²) < 4.78 is 10.5. The van der Waals surface area contributed by atoms with E-state index in [0.717, 1.165) is 0 Å². The summed E-state index contributed by atoms with van der Waals surface area (Å²) in [7, 11) is 0. The molecule has 1 aliphatic heterocycles. The maximum absolute atomic E-state index is 12.3. The molecule has 1 fully saturated rings. The Bertz CT molecular complexity index is 812. The van der Waals surface area contributed by atoms with Crippen LogP contribution in [0.2, 0.25) is 10.0 Å². The molecule has 0 bridgehead atoms. The van der Waals surface area contributed by atoms with Gasteiger partial charge in [-0.15, -0.1) is 0 Å². The van der Waals surface area contributed by atoms with Gasteiger partial charge in [-0.3, -0.25) is 4.79 Å². The average molecular weight is 354 g/mol. The number of nitrogens with zero attached hydrogens (tertiary/aromatic N) is 1.